The molecule has 1 aromatic heterocycles. The topological polar surface area (TPSA) is 57.2 Å². The van der Waals surface area contributed by atoms with E-state index in [1.165, 1.54) is 0 Å². The van der Waals surface area contributed by atoms with Crippen LogP contribution in [-0.2, 0) is 6.54 Å². The first kappa shape index (κ1) is 14.3. The average Bonchev–Trinajstić information content (AvgIpc) is 2.49. The van der Waals surface area contributed by atoms with E-state index in [9.17, 15) is 4.79 Å². The third-order valence-corrected chi connectivity index (χ3v) is 3.25. The highest BCUT2D eigenvalue weighted by molar-refractivity contribution is 5.28. The first-order valence-corrected chi connectivity index (χ1v) is 6.84. The Kier molecular flexibility index (Phi) is 4.96. The highest BCUT2D eigenvalue weighted by Gasteiger charge is 2.03. The summed E-state index contributed by atoms with van der Waals surface area (Å²) in [6.07, 6.45) is 2.67. The standard InChI is InChI=1S/C16H20N2O2/c1-2-15(17)13-6-8-14(9-7-13)20-12-11-18-10-4-3-5-16(18)19/h3-10,15H,2,11-12,17H2,1H3. The van der Waals surface area contributed by atoms with Gasteiger partial charge in [-0.2, -0.15) is 0 Å². The van der Waals surface area contributed by atoms with Gasteiger partial charge in [-0.15, -0.1) is 0 Å². The van der Waals surface area contributed by atoms with Crippen LogP contribution in [-0.4, -0.2) is 11.2 Å². The molecule has 1 unspecified atom stereocenters. The zero-order valence-electron chi connectivity index (χ0n) is 11.7. The highest BCUT2D eigenvalue weighted by Crippen LogP contribution is 2.18. The van der Waals surface area contributed by atoms with Crippen molar-refractivity contribution in [3.05, 3.63) is 64.6 Å². The maximum absolute atomic E-state index is 11.5. The molecule has 0 saturated carbocycles. The van der Waals surface area contributed by atoms with Crippen LogP contribution >= 0.6 is 0 Å². The highest BCUT2D eigenvalue weighted by atomic mass is 16.5. The fourth-order valence-corrected chi connectivity index (χ4v) is 1.95. The summed E-state index contributed by atoms with van der Waals surface area (Å²) in [5, 5.41) is 0. The molecule has 2 N–H and O–H groups in total. The summed E-state index contributed by atoms with van der Waals surface area (Å²) in [7, 11) is 0. The van der Waals surface area contributed by atoms with Gasteiger partial charge in [-0.1, -0.05) is 25.1 Å². The summed E-state index contributed by atoms with van der Waals surface area (Å²) in [4.78, 5) is 11.5. The normalized spacial score (nSPS) is 12.1. The second kappa shape index (κ2) is 6.91. The van der Waals surface area contributed by atoms with E-state index in [1.807, 2.05) is 30.3 Å². The maximum atomic E-state index is 11.5. The summed E-state index contributed by atoms with van der Waals surface area (Å²) in [5.74, 6) is 0.793. The van der Waals surface area contributed by atoms with Gasteiger partial charge in [-0.05, 0) is 30.2 Å². The number of hydrogen-bond donors (Lipinski definition) is 1. The Morgan fingerprint density at radius 2 is 1.95 bits per heavy atom. The van der Waals surface area contributed by atoms with Crippen molar-refractivity contribution in [1.29, 1.82) is 0 Å². The minimum absolute atomic E-state index is 0.0135. The van der Waals surface area contributed by atoms with E-state index in [0.717, 1.165) is 17.7 Å². The van der Waals surface area contributed by atoms with Gasteiger partial charge in [0.25, 0.3) is 5.56 Å². The number of hydrogen-bond acceptors (Lipinski definition) is 3. The van der Waals surface area contributed by atoms with Crippen molar-refractivity contribution < 1.29 is 4.74 Å². The van der Waals surface area contributed by atoms with Crippen LogP contribution in [0.4, 0.5) is 0 Å². The van der Waals surface area contributed by atoms with E-state index >= 15 is 0 Å². The first-order chi connectivity index (χ1) is 9.70. The molecular formula is C16H20N2O2. The largest absolute Gasteiger partial charge is 0.492 e. The summed E-state index contributed by atoms with van der Waals surface area (Å²) in [5.41, 5.74) is 7.05. The summed E-state index contributed by atoms with van der Waals surface area (Å²) in [6, 6.07) is 13.0. The lowest BCUT2D eigenvalue weighted by Crippen LogP contribution is -2.21. The first-order valence-electron chi connectivity index (χ1n) is 6.84. The van der Waals surface area contributed by atoms with Crippen LogP contribution in [0.1, 0.15) is 24.9 Å². The fraction of sp³-hybridized carbons (Fsp3) is 0.312. The Bertz CT molecular complexity index is 590. The molecule has 106 valence electrons. The molecule has 0 bridgehead atoms. The maximum Gasteiger partial charge on any atom is 0.250 e. The number of ether oxygens (including phenoxy) is 1. The van der Waals surface area contributed by atoms with Crippen LogP contribution in [0.3, 0.4) is 0 Å². The lowest BCUT2D eigenvalue weighted by atomic mass is 10.1. The van der Waals surface area contributed by atoms with Crippen LogP contribution in [0.15, 0.2) is 53.5 Å². The number of rotatable bonds is 6. The number of benzene rings is 1. The van der Waals surface area contributed by atoms with Crippen molar-refractivity contribution in [1.82, 2.24) is 4.57 Å². The van der Waals surface area contributed by atoms with E-state index in [-0.39, 0.29) is 11.6 Å². The van der Waals surface area contributed by atoms with Crippen LogP contribution in [0.2, 0.25) is 0 Å². The molecule has 1 atom stereocenters. The van der Waals surface area contributed by atoms with Crippen LogP contribution in [0, 0.1) is 0 Å². The Morgan fingerprint density at radius 3 is 2.60 bits per heavy atom. The predicted molar refractivity (Wildman–Crippen MR) is 79.9 cm³/mol. The molecule has 2 aromatic rings. The van der Waals surface area contributed by atoms with Crippen molar-refractivity contribution in [2.45, 2.75) is 25.9 Å². The molecule has 0 saturated heterocycles. The number of nitrogens with two attached hydrogens (primary N) is 1. The van der Waals surface area contributed by atoms with Crippen molar-refractivity contribution >= 4 is 0 Å². The van der Waals surface area contributed by atoms with E-state index < -0.39 is 0 Å². The zero-order valence-corrected chi connectivity index (χ0v) is 11.7. The SMILES string of the molecule is CCC(N)c1ccc(OCCn2ccccc2=O)cc1. The van der Waals surface area contributed by atoms with Gasteiger partial charge in [0, 0.05) is 18.3 Å². The minimum Gasteiger partial charge on any atom is -0.492 e. The molecule has 4 nitrogen and oxygen atoms in total. The monoisotopic (exact) mass is 272 g/mol. The number of nitrogens with zero attached hydrogens (tertiary/aromatic N) is 1. The quantitative estimate of drug-likeness (QED) is 0.878. The number of aromatic nitrogens is 1. The molecule has 20 heavy (non-hydrogen) atoms. The van der Waals surface area contributed by atoms with E-state index in [4.69, 9.17) is 10.5 Å². The van der Waals surface area contributed by atoms with Gasteiger partial charge < -0.3 is 15.0 Å². The van der Waals surface area contributed by atoms with Crippen molar-refractivity contribution in [3.63, 3.8) is 0 Å². The van der Waals surface area contributed by atoms with Crippen LogP contribution in [0.25, 0.3) is 0 Å². The molecule has 1 heterocycles. The fourth-order valence-electron chi connectivity index (χ4n) is 1.95. The third kappa shape index (κ3) is 3.71. The van der Waals surface area contributed by atoms with Gasteiger partial charge in [0.15, 0.2) is 0 Å². The summed E-state index contributed by atoms with van der Waals surface area (Å²) < 4.78 is 7.26. The predicted octanol–water partition coefficient (Wildman–Crippen LogP) is 2.34. The average molecular weight is 272 g/mol. The zero-order chi connectivity index (χ0) is 14.4. The molecule has 0 aliphatic rings. The second-order valence-electron chi connectivity index (χ2n) is 4.66. The molecule has 0 amide bonds. The number of pyridine rings is 1. The molecule has 1 aromatic carbocycles. The minimum atomic E-state index is -0.0135. The molecule has 4 heteroatoms. The van der Waals surface area contributed by atoms with Crippen molar-refractivity contribution in [2.24, 2.45) is 5.73 Å². The Morgan fingerprint density at radius 1 is 1.20 bits per heavy atom. The second-order valence-corrected chi connectivity index (χ2v) is 4.66. The van der Waals surface area contributed by atoms with Gasteiger partial charge in [0.2, 0.25) is 0 Å². The molecule has 0 aliphatic heterocycles. The van der Waals surface area contributed by atoms with Crippen LogP contribution in [0.5, 0.6) is 5.75 Å². The lowest BCUT2D eigenvalue weighted by molar-refractivity contribution is 0.296. The van der Waals surface area contributed by atoms with Crippen LogP contribution < -0.4 is 16.0 Å². The van der Waals surface area contributed by atoms with Gasteiger partial charge in [-0.25, -0.2) is 0 Å². The van der Waals surface area contributed by atoms with Crippen molar-refractivity contribution in [2.75, 3.05) is 6.61 Å². The Hall–Kier alpha value is -2.07. The molecule has 2 rings (SSSR count). The van der Waals surface area contributed by atoms with Gasteiger partial charge in [0.05, 0.1) is 6.54 Å². The van der Waals surface area contributed by atoms with E-state index in [2.05, 4.69) is 6.92 Å². The smallest absolute Gasteiger partial charge is 0.250 e. The Balaban J connectivity index is 1.88. The third-order valence-electron chi connectivity index (χ3n) is 3.25. The summed E-state index contributed by atoms with van der Waals surface area (Å²) >= 11 is 0. The Labute approximate surface area is 118 Å². The van der Waals surface area contributed by atoms with Gasteiger partial charge in [0.1, 0.15) is 12.4 Å². The molecular weight excluding hydrogens is 252 g/mol. The van der Waals surface area contributed by atoms with E-state index in [0.29, 0.717) is 13.2 Å². The van der Waals surface area contributed by atoms with Gasteiger partial charge >= 0.3 is 0 Å². The molecule has 0 fully saturated rings. The van der Waals surface area contributed by atoms with Crippen molar-refractivity contribution in [3.8, 4) is 5.75 Å². The molecule has 0 radical (unpaired) electrons. The van der Waals surface area contributed by atoms with Gasteiger partial charge in [-0.3, -0.25) is 4.79 Å². The molecule has 0 spiro atoms. The summed E-state index contributed by atoms with van der Waals surface area (Å²) in [6.45, 7) is 3.06. The van der Waals surface area contributed by atoms with E-state index in [1.54, 1.807) is 22.9 Å². The lowest BCUT2D eigenvalue weighted by Gasteiger charge is -2.11. The molecule has 0 aliphatic carbocycles.